The summed E-state index contributed by atoms with van der Waals surface area (Å²) in [5.41, 5.74) is 1.46. The molecule has 6 nitrogen and oxygen atoms in total. The molecule has 1 heterocycles. The predicted molar refractivity (Wildman–Crippen MR) is 98.2 cm³/mol. The number of nitrogens with zero attached hydrogens (tertiary/aromatic N) is 1. The van der Waals surface area contributed by atoms with E-state index in [0.29, 0.717) is 22.5 Å². The summed E-state index contributed by atoms with van der Waals surface area (Å²) in [7, 11) is 1.57. The highest BCUT2D eigenvalue weighted by molar-refractivity contribution is 6.04. The van der Waals surface area contributed by atoms with Crippen molar-refractivity contribution in [2.75, 3.05) is 12.4 Å². The molecule has 0 saturated carbocycles. The fourth-order valence-corrected chi connectivity index (χ4v) is 2.46. The van der Waals surface area contributed by atoms with Gasteiger partial charge in [0.1, 0.15) is 5.75 Å². The van der Waals surface area contributed by atoms with Crippen molar-refractivity contribution in [2.24, 2.45) is 0 Å². The first-order chi connectivity index (χ1) is 12.6. The summed E-state index contributed by atoms with van der Waals surface area (Å²) in [4.78, 5) is 28.9. The van der Waals surface area contributed by atoms with E-state index in [-0.39, 0.29) is 0 Å². The number of nitrogens with one attached hydrogen (secondary N) is 1. The van der Waals surface area contributed by atoms with Gasteiger partial charge in [0, 0.05) is 17.3 Å². The van der Waals surface area contributed by atoms with Crippen molar-refractivity contribution in [3.8, 4) is 5.75 Å². The summed E-state index contributed by atoms with van der Waals surface area (Å²) >= 11 is 0. The number of ether oxygens (including phenoxy) is 2. The van der Waals surface area contributed by atoms with Gasteiger partial charge in [-0.05, 0) is 43.3 Å². The minimum Gasteiger partial charge on any atom is -0.497 e. The van der Waals surface area contributed by atoms with Gasteiger partial charge < -0.3 is 14.8 Å². The highest BCUT2D eigenvalue weighted by Crippen LogP contribution is 2.18. The molecule has 3 aromatic rings. The van der Waals surface area contributed by atoms with Crippen LogP contribution in [0.15, 0.2) is 60.8 Å². The summed E-state index contributed by atoms with van der Waals surface area (Å²) < 4.78 is 10.4. The van der Waals surface area contributed by atoms with Gasteiger partial charge in [-0.3, -0.25) is 9.78 Å². The van der Waals surface area contributed by atoms with Gasteiger partial charge in [0.25, 0.3) is 5.91 Å². The lowest BCUT2D eigenvalue weighted by Crippen LogP contribution is -2.30. The number of carbonyl (C=O) groups is 2. The molecule has 2 aromatic carbocycles. The van der Waals surface area contributed by atoms with Crippen molar-refractivity contribution in [3.63, 3.8) is 0 Å². The lowest BCUT2D eigenvalue weighted by atomic mass is 10.1. The lowest BCUT2D eigenvalue weighted by molar-refractivity contribution is -0.123. The fraction of sp³-hybridized carbons (Fsp3) is 0.150. The quantitative estimate of drug-likeness (QED) is 0.713. The van der Waals surface area contributed by atoms with Crippen LogP contribution in [0, 0.1) is 0 Å². The first-order valence-corrected chi connectivity index (χ1v) is 8.08. The number of hydrogen-bond acceptors (Lipinski definition) is 5. The standard InChI is InChI=1S/C20H18N2O4/c1-13(19(23)22-15-8-10-16(25-2)11-9-15)26-20(24)17-7-3-5-14-6-4-12-21-18(14)17/h3-13H,1-2H3,(H,22,23)/t13-/m1/s1. The van der Waals surface area contributed by atoms with E-state index in [2.05, 4.69) is 10.3 Å². The van der Waals surface area contributed by atoms with Crippen LogP contribution < -0.4 is 10.1 Å². The zero-order chi connectivity index (χ0) is 18.5. The van der Waals surface area contributed by atoms with E-state index in [0.717, 1.165) is 5.39 Å². The maximum atomic E-state index is 12.5. The zero-order valence-electron chi connectivity index (χ0n) is 14.4. The van der Waals surface area contributed by atoms with E-state index in [1.54, 1.807) is 55.8 Å². The summed E-state index contributed by atoms with van der Waals surface area (Å²) in [6.45, 7) is 1.52. The van der Waals surface area contributed by atoms with Crippen molar-refractivity contribution >= 4 is 28.5 Å². The molecule has 26 heavy (non-hydrogen) atoms. The van der Waals surface area contributed by atoms with Crippen LogP contribution in [0.1, 0.15) is 17.3 Å². The monoisotopic (exact) mass is 350 g/mol. The van der Waals surface area contributed by atoms with Crippen LogP contribution in [0.5, 0.6) is 5.75 Å². The van der Waals surface area contributed by atoms with Crippen molar-refractivity contribution in [3.05, 3.63) is 66.4 Å². The molecule has 0 spiro atoms. The number of benzene rings is 2. The average molecular weight is 350 g/mol. The first-order valence-electron chi connectivity index (χ1n) is 8.08. The molecule has 132 valence electrons. The number of aromatic nitrogens is 1. The maximum Gasteiger partial charge on any atom is 0.341 e. The fourth-order valence-electron chi connectivity index (χ4n) is 2.46. The number of hydrogen-bond donors (Lipinski definition) is 1. The van der Waals surface area contributed by atoms with E-state index in [9.17, 15) is 9.59 Å². The third kappa shape index (κ3) is 3.80. The number of fused-ring (bicyclic) bond motifs is 1. The Hall–Kier alpha value is -3.41. The van der Waals surface area contributed by atoms with Gasteiger partial charge in [-0.1, -0.05) is 18.2 Å². The molecule has 0 aliphatic rings. The van der Waals surface area contributed by atoms with Crippen LogP contribution in [0.3, 0.4) is 0 Å². The topological polar surface area (TPSA) is 77.5 Å². The van der Waals surface area contributed by atoms with E-state index in [1.165, 1.54) is 6.92 Å². The van der Waals surface area contributed by atoms with Crippen LogP contribution >= 0.6 is 0 Å². The summed E-state index contributed by atoms with van der Waals surface area (Å²) in [6.07, 6.45) is 0.655. The minimum absolute atomic E-state index is 0.326. The van der Waals surface area contributed by atoms with Crippen LogP contribution in [0.2, 0.25) is 0 Å². The van der Waals surface area contributed by atoms with E-state index < -0.39 is 18.0 Å². The molecule has 0 radical (unpaired) electrons. The molecule has 0 bridgehead atoms. The first kappa shape index (κ1) is 17.4. The van der Waals surface area contributed by atoms with E-state index in [4.69, 9.17) is 9.47 Å². The van der Waals surface area contributed by atoms with E-state index >= 15 is 0 Å². The maximum absolute atomic E-state index is 12.5. The Balaban J connectivity index is 1.68. The molecule has 0 aliphatic carbocycles. The number of methoxy groups -OCH3 is 1. The second-order valence-electron chi connectivity index (χ2n) is 5.65. The molecule has 0 unspecified atom stereocenters. The average Bonchev–Trinajstić information content (AvgIpc) is 2.68. The third-order valence-electron chi connectivity index (χ3n) is 3.86. The van der Waals surface area contributed by atoms with Crippen molar-refractivity contribution < 1.29 is 19.1 Å². The summed E-state index contributed by atoms with van der Waals surface area (Å²) in [5.74, 6) is -0.325. The van der Waals surface area contributed by atoms with Gasteiger partial charge >= 0.3 is 5.97 Å². The Labute approximate surface area is 150 Å². The Kier molecular flexibility index (Phi) is 5.12. The van der Waals surface area contributed by atoms with Crippen molar-refractivity contribution in [1.29, 1.82) is 0 Å². The molecule has 3 rings (SSSR count). The van der Waals surface area contributed by atoms with E-state index in [1.807, 2.05) is 12.1 Å². The second-order valence-corrected chi connectivity index (χ2v) is 5.65. The molecular weight excluding hydrogens is 332 g/mol. The number of rotatable bonds is 5. The minimum atomic E-state index is -0.955. The smallest absolute Gasteiger partial charge is 0.341 e. The van der Waals surface area contributed by atoms with Gasteiger partial charge in [-0.15, -0.1) is 0 Å². The van der Waals surface area contributed by atoms with Crippen LogP contribution in [-0.2, 0) is 9.53 Å². The van der Waals surface area contributed by atoms with Crippen molar-refractivity contribution in [1.82, 2.24) is 4.98 Å². The number of para-hydroxylation sites is 1. The SMILES string of the molecule is COc1ccc(NC(=O)[C@@H](C)OC(=O)c2cccc3cccnc23)cc1. The predicted octanol–water partition coefficient (Wildman–Crippen LogP) is 3.43. The summed E-state index contributed by atoms with van der Waals surface area (Å²) in [5, 5.41) is 3.53. The molecule has 6 heteroatoms. The van der Waals surface area contributed by atoms with Gasteiger partial charge in [0.2, 0.25) is 0 Å². The number of pyridine rings is 1. The highest BCUT2D eigenvalue weighted by atomic mass is 16.5. The molecule has 1 atom stereocenters. The Morgan fingerprint density at radius 3 is 2.50 bits per heavy atom. The number of amides is 1. The summed E-state index contributed by atoms with van der Waals surface area (Å²) in [6, 6.07) is 15.8. The molecule has 0 fully saturated rings. The van der Waals surface area contributed by atoms with Gasteiger partial charge in [0.05, 0.1) is 18.2 Å². The molecule has 0 saturated heterocycles. The molecular formula is C20H18N2O4. The number of carbonyl (C=O) groups excluding carboxylic acids is 2. The molecule has 1 N–H and O–H groups in total. The van der Waals surface area contributed by atoms with Crippen LogP contribution in [-0.4, -0.2) is 30.1 Å². The number of esters is 1. The number of anilines is 1. The van der Waals surface area contributed by atoms with Gasteiger partial charge in [-0.25, -0.2) is 4.79 Å². The Morgan fingerprint density at radius 1 is 1.04 bits per heavy atom. The second kappa shape index (κ2) is 7.65. The lowest BCUT2D eigenvalue weighted by Gasteiger charge is -2.14. The normalized spacial score (nSPS) is 11.6. The molecule has 0 aliphatic heterocycles. The Morgan fingerprint density at radius 2 is 1.77 bits per heavy atom. The molecule has 1 aromatic heterocycles. The molecule has 1 amide bonds. The largest absolute Gasteiger partial charge is 0.497 e. The highest BCUT2D eigenvalue weighted by Gasteiger charge is 2.20. The van der Waals surface area contributed by atoms with Gasteiger partial charge in [0.15, 0.2) is 6.10 Å². The van der Waals surface area contributed by atoms with Crippen LogP contribution in [0.4, 0.5) is 5.69 Å². The zero-order valence-corrected chi connectivity index (χ0v) is 14.4. The van der Waals surface area contributed by atoms with Crippen molar-refractivity contribution in [2.45, 2.75) is 13.0 Å². The van der Waals surface area contributed by atoms with Crippen LogP contribution in [0.25, 0.3) is 10.9 Å². The van der Waals surface area contributed by atoms with Gasteiger partial charge in [-0.2, -0.15) is 0 Å². The third-order valence-corrected chi connectivity index (χ3v) is 3.86. The Bertz CT molecular complexity index is 933.